The lowest BCUT2D eigenvalue weighted by atomic mass is 9.93. The van der Waals surface area contributed by atoms with Crippen molar-refractivity contribution in [1.82, 2.24) is 4.90 Å². The molecule has 1 aliphatic rings. The molecule has 0 radical (unpaired) electrons. The van der Waals surface area contributed by atoms with Crippen molar-refractivity contribution >= 4 is 5.91 Å². The van der Waals surface area contributed by atoms with Gasteiger partial charge in [0.1, 0.15) is 0 Å². The van der Waals surface area contributed by atoms with Gasteiger partial charge in [-0.25, -0.2) is 0 Å². The molecule has 0 bridgehead atoms. The first-order chi connectivity index (χ1) is 9.11. The highest BCUT2D eigenvalue weighted by Gasteiger charge is 2.27. The Morgan fingerprint density at radius 1 is 1.32 bits per heavy atom. The Labute approximate surface area is 115 Å². The zero-order chi connectivity index (χ0) is 13.8. The summed E-state index contributed by atoms with van der Waals surface area (Å²) < 4.78 is 0. The second kappa shape index (κ2) is 6.20. The summed E-state index contributed by atoms with van der Waals surface area (Å²) in [6.07, 6.45) is 3.09. The van der Waals surface area contributed by atoms with E-state index in [2.05, 4.69) is 13.8 Å². The molecular weight excluding hydrogens is 236 g/mol. The van der Waals surface area contributed by atoms with Gasteiger partial charge >= 0.3 is 0 Å². The molecule has 1 heterocycles. The number of rotatable bonds is 3. The summed E-state index contributed by atoms with van der Waals surface area (Å²) in [5.74, 6) is 0.893. The van der Waals surface area contributed by atoms with Crippen LogP contribution in [0.4, 0.5) is 0 Å². The highest BCUT2D eigenvalue weighted by molar-refractivity contribution is 5.94. The number of piperidine rings is 1. The van der Waals surface area contributed by atoms with E-state index in [1.54, 1.807) is 0 Å². The summed E-state index contributed by atoms with van der Waals surface area (Å²) >= 11 is 0. The standard InChI is InChI=1S/C16H24N2O/c1-12-8-10-18(13(2)11-12)16(19)15-5-3-14(4-6-15)7-9-17/h3-6,12-13H,7-11,17H2,1-2H3. The molecule has 0 aliphatic carbocycles. The molecule has 1 amide bonds. The summed E-state index contributed by atoms with van der Waals surface area (Å²) in [5.41, 5.74) is 7.52. The van der Waals surface area contributed by atoms with E-state index in [0.29, 0.717) is 12.6 Å². The lowest BCUT2D eigenvalue weighted by Gasteiger charge is -2.36. The molecular formula is C16H24N2O. The van der Waals surface area contributed by atoms with Crippen molar-refractivity contribution in [2.75, 3.05) is 13.1 Å². The van der Waals surface area contributed by atoms with E-state index in [-0.39, 0.29) is 5.91 Å². The largest absolute Gasteiger partial charge is 0.336 e. The third kappa shape index (κ3) is 3.35. The maximum Gasteiger partial charge on any atom is 0.254 e. The summed E-state index contributed by atoms with van der Waals surface area (Å²) in [4.78, 5) is 14.5. The monoisotopic (exact) mass is 260 g/mol. The number of nitrogens with zero attached hydrogens (tertiary/aromatic N) is 1. The molecule has 3 heteroatoms. The molecule has 2 unspecified atom stereocenters. The summed E-state index contributed by atoms with van der Waals surface area (Å²) in [5, 5.41) is 0. The molecule has 0 aromatic heterocycles. The molecule has 3 nitrogen and oxygen atoms in total. The fourth-order valence-corrected chi connectivity index (χ4v) is 2.86. The first-order valence-corrected chi connectivity index (χ1v) is 7.21. The molecule has 0 saturated carbocycles. The molecule has 1 saturated heterocycles. The van der Waals surface area contributed by atoms with Gasteiger partial charge in [0.2, 0.25) is 0 Å². The molecule has 104 valence electrons. The normalized spacial score (nSPS) is 23.4. The summed E-state index contributed by atoms with van der Waals surface area (Å²) in [6, 6.07) is 8.23. The van der Waals surface area contributed by atoms with Crippen LogP contribution < -0.4 is 5.73 Å². The van der Waals surface area contributed by atoms with Crippen LogP contribution in [0.25, 0.3) is 0 Å². The van der Waals surface area contributed by atoms with Crippen molar-refractivity contribution in [3.05, 3.63) is 35.4 Å². The number of benzene rings is 1. The Balaban J connectivity index is 2.06. The van der Waals surface area contributed by atoms with Crippen LogP contribution in [0.2, 0.25) is 0 Å². The van der Waals surface area contributed by atoms with Gasteiger partial charge in [-0.2, -0.15) is 0 Å². The van der Waals surface area contributed by atoms with Gasteiger partial charge in [-0.1, -0.05) is 19.1 Å². The number of amides is 1. The fourth-order valence-electron chi connectivity index (χ4n) is 2.86. The van der Waals surface area contributed by atoms with E-state index in [4.69, 9.17) is 5.73 Å². The minimum Gasteiger partial charge on any atom is -0.336 e. The number of hydrogen-bond donors (Lipinski definition) is 1. The molecule has 1 aliphatic heterocycles. The van der Waals surface area contributed by atoms with Crippen molar-refractivity contribution < 1.29 is 4.79 Å². The van der Waals surface area contributed by atoms with Crippen molar-refractivity contribution in [1.29, 1.82) is 0 Å². The van der Waals surface area contributed by atoms with Crippen LogP contribution in [-0.2, 0) is 6.42 Å². The first-order valence-electron chi connectivity index (χ1n) is 7.21. The number of likely N-dealkylation sites (tertiary alicyclic amines) is 1. The van der Waals surface area contributed by atoms with Crippen LogP contribution >= 0.6 is 0 Å². The van der Waals surface area contributed by atoms with E-state index in [0.717, 1.165) is 37.3 Å². The number of nitrogens with two attached hydrogens (primary N) is 1. The summed E-state index contributed by atoms with van der Waals surface area (Å²) in [6.45, 7) is 5.94. The van der Waals surface area contributed by atoms with Crippen LogP contribution in [0.3, 0.4) is 0 Å². The molecule has 2 rings (SSSR count). The Hall–Kier alpha value is -1.35. The predicted octanol–water partition coefficient (Wildman–Crippen LogP) is 2.45. The lowest BCUT2D eigenvalue weighted by Crippen LogP contribution is -2.44. The van der Waals surface area contributed by atoms with Gasteiger partial charge in [-0.15, -0.1) is 0 Å². The lowest BCUT2D eigenvalue weighted by molar-refractivity contribution is 0.0588. The van der Waals surface area contributed by atoms with Gasteiger partial charge in [0, 0.05) is 18.2 Å². The maximum absolute atomic E-state index is 12.5. The second-order valence-corrected chi connectivity index (χ2v) is 5.71. The first kappa shape index (κ1) is 14.1. The quantitative estimate of drug-likeness (QED) is 0.907. The van der Waals surface area contributed by atoms with E-state index in [1.807, 2.05) is 29.2 Å². The van der Waals surface area contributed by atoms with Gasteiger partial charge < -0.3 is 10.6 Å². The molecule has 2 N–H and O–H groups in total. The highest BCUT2D eigenvalue weighted by Crippen LogP contribution is 2.23. The minimum absolute atomic E-state index is 0.165. The van der Waals surface area contributed by atoms with Crippen LogP contribution in [0.15, 0.2) is 24.3 Å². The average Bonchev–Trinajstić information content (AvgIpc) is 2.39. The summed E-state index contributed by atoms with van der Waals surface area (Å²) in [7, 11) is 0. The second-order valence-electron chi connectivity index (χ2n) is 5.71. The van der Waals surface area contributed by atoms with Crippen molar-refractivity contribution in [2.45, 2.75) is 39.2 Å². The van der Waals surface area contributed by atoms with Crippen LogP contribution in [0.5, 0.6) is 0 Å². The molecule has 1 aromatic rings. The Morgan fingerprint density at radius 2 is 2.00 bits per heavy atom. The van der Waals surface area contributed by atoms with Crippen molar-refractivity contribution in [2.24, 2.45) is 11.7 Å². The molecule has 1 aromatic carbocycles. The van der Waals surface area contributed by atoms with Crippen LogP contribution in [-0.4, -0.2) is 29.9 Å². The van der Waals surface area contributed by atoms with Gasteiger partial charge in [-0.05, 0) is 56.3 Å². The smallest absolute Gasteiger partial charge is 0.254 e. The molecule has 2 atom stereocenters. The van der Waals surface area contributed by atoms with E-state index < -0.39 is 0 Å². The Kier molecular flexibility index (Phi) is 4.59. The molecule has 19 heavy (non-hydrogen) atoms. The van der Waals surface area contributed by atoms with E-state index >= 15 is 0 Å². The van der Waals surface area contributed by atoms with Gasteiger partial charge in [-0.3, -0.25) is 4.79 Å². The van der Waals surface area contributed by atoms with Crippen LogP contribution in [0.1, 0.15) is 42.6 Å². The SMILES string of the molecule is CC1CCN(C(=O)c2ccc(CCN)cc2)C(C)C1. The molecule has 1 fully saturated rings. The van der Waals surface area contributed by atoms with Gasteiger partial charge in [0.05, 0.1) is 0 Å². The predicted molar refractivity (Wildman–Crippen MR) is 78.1 cm³/mol. The fraction of sp³-hybridized carbons (Fsp3) is 0.562. The Morgan fingerprint density at radius 3 is 2.58 bits per heavy atom. The molecule has 0 spiro atoms. The zero-order valence-corrected chi connectivity index (χ0v) is 11.9. The number of carbonyl (C=O) groups excluding carboxylic acids is 1. The van der Waals surface area contributed by atoms with E-state index in [9.17, 15) is 4.79 Å². The number of carbonyl (C=O) groups is 1. The third-order valence-corrected chi connectivity index (χ3v) is 4.03. The zero-order valence-electron chi connectivity index (χ0n) is 11.9. The topological polar surface area (TPSA) is 46.3 Å². The third-order valence-electron chi connectivity index (χ3n) is 4.03. The number of hydrogen-bond acceptors (Lipinski definition) is 2. The highest BCUT2D eigenvalue weighted by atomic mass is 16.2. The average molecular weight is 260 g/mol. The maximum atomic E-state index is 12.5. The van der Waals surface area contributed by atoms with E-state index in [1.165, 1.54) is 5.56 Å². The van der Waals surface area contributed by atoms with Crippen molar-refractivity contribution in [3.63, 3.8) is 0 Å². The van der Waals surface area contributed by atoms with Crippen LogP contribution in [0, 0.1) is 5.92 Å². The van der Waals surface area contributed by atoms with Gasteiger partial charge in [0.15, 0.2) is 0 Å². The Bertz CT molecular complexity index is 427. The van der Waals surface area contributed by atoms with Crippen molar-refractivity contribution in [3.8, 4) is 0 Å². The minimum atomic E-state index is 0.165. The van der Waals surface area contributed by atoms with Gasteiger partial charge in [0.25, 0.3) is 5.91 Å².